The number of rotatable bonds is 4. The molecule has 98 valence electrons. The molecule has 0 atom stereocenters. The van der Waals surface area contributed by atoms with Gasteiger partial charge in [-0.05, 0) is 7.05 Å². The lowest BCUT2D eigenvalue weighted by atomic mass is 10.3. The third kappa shape index (κ3) is 2.67. The van der Waals surface area contributed by atoms with E-state index in [-0.39, 0.29) is 11.7 Å². The zero-order valence-electron chi connectivity index (χ0n) is 10.3. The van der Waals surface area contributed by atoms with E-state index in [0.717, 1.165) is 6.41 Å². The van der Waals surface area contributed by atoms with Crippen molar-refractivity contribution in [3.63, 3.8) is 0 Å². The maximum atomic E-state index is 12.1. The number of nitrogens with one attached hydrogen (secondary N) is 1. The van der Waals surface area contributed by atoms with E-state index in [0.29, 0.717) is 38.6 Å². The monoisotopic (exact) mass is 252 g/mol. The first-order valence-corrected chi connectivity index (χ1v) is 5.82. The molecular formula is C11H16N4O3. The first-order chi connectivity index (χ1) is 8.74. The number of carbonyl (C=O) groups excluding carboxylic acids is 2. The molecule has 0 saturated carbocycles. The Balaban J connectivity index is 1.96. The van der Waals surface area contributed by atoms with Crippen molar-refractivity contribution in [3.05, 3.63) is 17.8 Å². The van der Waals surface area contributed by atoms with Crippen LogP contribution in [-0.4, -0.2) is 60.3 Å². The summed E-state index contributed by atoms with van der Waals surface area (Å²) in [6, 6.07) is 0. The van der Waals surface area contributed by atoms with Gasteiger partial charge in [0.1, 0.15) is 0 Å². The Kier molecular flexibility index (Phi) is 3.93. The lowest BCUT2D eigenvalue weighted by Crippen LogP contribution is -2.48. The minimum Gasteiger partial charge on any atom is -0.434 e. The highest BCUT2D eigenvalue weighted by Gasteiger charge is 2.23. The molecule has 2 heterocycles. The van der Waals surface area contributed by atoms with Gasteiger partial charge in [-0.25, -0.2) is 4.98 Å². The Morgan fingerprint density at radius 2 is 2.22 bits per heavy atom. The summed E-state index contributed by atoms with van der Waals surface area (Å²) < 4.78 is 5.34. The number of nitrogens with zero attached hydrogens (tertiary/aromatic N) is 3. The standard InChI is InChI=1S/C11H16N4O3/c1-12-7-10-13-6-9(18-10)11(17)15-4-2-14(8-16)3-5-15/h6,8,12H,2-5,7H2,1H3. The predicted octanol–water partition coefficient (Wildman–Crippen LogP) is -0.692. The average Bonchev–Trinajstić information content (AvgIpc) is 2.87. The summed E-state index contributed by atoms with van der Waals surface area (Å²) in [5, 5.41) is 2.90. The molecule has 1 fully saturated rings. The lowest BCUT2D eigenvalue weighted by Gasteiger charge is -2.31. The summed E-state index contributed by atoms with van der Waals surface area (Å²) in [7, 11) is 1.78. The van der Waals surface area contributed by atoms with Crippen molar-refractivity contribution in [1.82, 2.24) is 20.1 Å². The SMILES string of the molecule is CNCc1ncc(C(=O)N2CCN(C=O)CC2)o1. The molecule has 7 nitrogen and oxygen atoms in total. The third-order valence-electron chi connectivity index (χ3n) is 2.84. The molecule has 1 aromatic rings. The van der Waals surface area contributed by atoms with Crippen LogP contribution in [0, 0.1) is 0 Å². The highest BCUT2D eigenvalue weighted by molar-refractivity contribution is 5.91. The molecule has 18 heavy (non-hydrogen) atoms. The van der Waals surface area contributed by atoms with E-state index in [1.165, 1.54) is 6.20 Å². The van der Waals surface area contributed by atoms with Gasteiger partial charge in [-0.3, -0.25) is 9.59 Å². The molecule has 0 aromatic carbocycles. The molecule has 0 radical (unpaired) electrons. The third-order valence-corrected chi connectivity index (χ3v) is 2.84. The molecule has 0 aliphatic carbocycles. The van der Waals surface area contributed by atoms with E-state index in [2.05, 4.69) is 10.3 Å². The highest BCUT2D eigenvalue weighted by Crippen LogP contribution is 2.09. The summed E-state index contributed by atoms with van der Waals surface area (Å²) >= 11 is 0. The number of hydrogen-bond acceptors (Lipinski definition) is 5. The van der Waals surface area contributed by atoms with Crippen LogP contribution in [0.2, 0.25) is 0 Å². The van der Waals surface area contributed by atoms with Crippen LogP contribution < -0.4 is 5.32 Å². The summed E-state index contributed by atoms with van der Waals surface area (Å²) in [4.78, 5) is 30.0. The van der Waals surface area contributed by atoms with Gasteiger partial charge in [0.2, 0.25) is 18.1 Å². The fourth-order valence-corrected chi connectivity index (χ4v) is 1.83. The fourth-order valence-electron chi connectivity index (χ4n) is 1.83. The van der Waals surface area contributed by atoms with Gasteiger partial charge in [0.25, 0.3) is 5.91 Å². The van der Waals surface area contributed by atoms with Gasteiger partial charge in [0.05, 0.1) is 12.7 Å². The topological polar surface area (TPSA) is 78.7 Å². The number of carbonyl (C=O) groups is 2. The summed E-state index contributed by atoms with van der Waals surface area (Å²) in [6.07, 6.45) is 2.25. The molecule has 0 spiro atoms. The van der Waals surface area contributed by atoms with Crippen molar-refractivity contribution >= 4 is 12.3 Å². The predicted molar refractivity (Wildman–Crippen MR) is 62.8 cm³/mol. The molecule has 7 heteroatoms. The zero-order valence-corrected chi connectivity index (χ0v) is 10.3. The van der Waals surface area contributed by atoms with Crippen molar-refractivity contribution in [2.24, 2.45) is 0 Å². The fraction of sp³-hybridized carbons (Fsp3) is 0.545. The first-order valence-electron chi connectivity index (χ1n) is 5.82. The van der Waals surface area contributed by atoms with E-state index >= 15 is 0 Å². The van der Waals surface area contributed by atoms with Crippen LogP contribution in [0.5, 0.6) is 0 Å². The normalized spacial score (nSPS) is 15.8. The molecule has 1 saturated heterocycles. The van der Waals surface area contributed by atoms with Crippen LogP contribution in [0.15, 0.2) is 10.6 Å². The van der Waals surface area contributed by atoms with Gasteiger partial charge in [0, 0.05) is 26.2 Å². The second-order valence-corrected chi connectivity index (χ2v) is 4.08. The van der Waals surface area contributed by atoms with Crippen LogP contribution in [0.1, 0.15) is 16.4 Å². The quantitative estimate of drug-likeness (QED) is 0.717. The molecule has 0 unspecified atom stereocenters. The van der Waals surface area contributed by atoms with Crippen molar-refractivity contribution in [1.29, 1.82) is 0 Å². The van der Waals surface area contributed by atoms with Crippen molar-refractivity contribution in [3.8, 4) is 0 Å². The van der Waals surface area contributed by atoms with Crippen molar-refractivity contribution < 1.29 is 14.0 Å². The highest BCUT2D eigenvalue weighted by atomic mass is 16.4. The largest absolute Gasteiger partial charge is 0.434 e. The molecule has 1 aliphatic heterocycles. The number of amides is 2. The molecule has 0 bridgehead atoms. The van der Waals surface area contributed by atoms with Crippen LogP contribution in [0.25, 0.3) is 0 Å². The average molecular weight is 252 g/mol. The Bertz CT molecular complexity index is 424. The minimum atomic E-state index is -0.171. The van der Waals surface area contributed by atoms with Crippen molar-refractivity contribution in [2.75, 3.05) is 33.2 Å². The van der Waals surface area contributed by atoms with E-state index in [9.17, 15) is 9.59 Å². The summed E-state index contributed by atoms with van der Waals surface area (Å²) in [5.74, 6) is 0.572. The van der Waals surface area contributed by atoms with E-state index in [4.69, 9.17) is 4.42 Å². The molecule has 1 N–H and O–H groups in total. The lowest BCUT2D eigenvalue weighted by molar-refractivity contribution is -0.119. The van der Waals surface area contributed by atoms with Crippen molar-refractivity contribution in [2.45, 2.75) is 6.54 Å². The van der Waals surface area contributed by atoms with Gasteiger partial charge >= 0.3 is 0 Å². The Hall–Kier alpha value is -1.89. The van der Waals surface area contributed by atoms with Gasteiger partial charge in [-0.15, -0.1) is 0 Å². The smallest absolute Gasteiger partial charge is 0.291 e. The Morgan fingerprint density at radius 1 is 1.50 bits per heavy atom. The van der Waals surface area contributed by atoms with Gasteiger partial charge < -0.3 is 19.5 Å². The summed E-state index contributed by atoms with van der Waals surface area (Å²) in [5.41, 5.74) is 0. The second-order valence-electron chi connectivity index (χ2n) is 4.08. The first kappa shape index (κ1) is 12.6. The van der Waals surface area contributed by atoms with Crippen LogP contribution >= 0.6 is 0 Å². The molecule has 1 aromatic heterocycles. The van der Waals surface area contributed by atoms with Gasteiger partial charge in [0.15, 0.2) is 0 Å². The number of oxazole rings is 1. The van der Waals surface area contributed by atoms with E-state index < -0.39 is 0 Å². The number of hydrogen-bond donors (Lipinski definition) is 1. The Morgan fingerprint density at radius 3 is 2.83 bits per heavy atom. The maximum absolute atomic E-state index is 12.1. The van der Waals surface area contributed by atoms with Gasteiger partial charge in [-0.1, -0.05) is 0 Å². The van der Waals surface area contributed by atoms with Crippen LogP contribution in [0.4, 0.5) is 0 Å². The van der Waals surface area contributed by atoms with Crippen LogP contribution in [-0.2, 0) is 11.3 Å². The Labute approximate surface area is 105 Å². The summed E-state index contributed by atoms with van der Waals surface area (Å²) in [6.45, 7) is 2.67. The molecule has 1 aliphatic rings. The number of aromatic nitrogens is 1. The zero-order chi connectivity index (χ0) is 13.0. The van der Waals surface area contributed by atoms with E-state index in [1.54, 1.807) is 16.8 Å². The minimum absolute atomic E-state index is 0.171. The number of piperazine rings is 1. The van der Waals surface area contributed by atoms with Crippen LogP contribution in [0.3, 0.4) is 0 Å². The van der Waals surface area contributed by atoms with E-state index in [1.807, 2.05) is 0 Å². The second kappa shape index (κ2) is 5.63. The molecule has 2 amide bonds. The maximum Gasteiger partial charge on any atom is 0.291 e. The molecular weight excluding hydrogens is 236 g/mol. The van der Waals surface area contributed by atoms with Gasteiger partial charge in [-0.2, -0.15) is 0 Å². The molecule has 2 rings (SSSR count).